The fourth-order valence-electron chi connectivity index (χ4n) is 3.65. The maximum absolute atomic E-state index is 12.9. The summed E-state index contributed by atoms with van der Waals surface area (Å²) >= 11 is 0. The fourth-order valence-corrected chi connectivity index (χ4v) is 3.65. The maximum Gasteiger partial charge on any atom is 0.326 e. The van der Waals surface area contributed by atoms with Gasteiger partial charge in [0.1, 0.15) is 12.1 Å². The van der Waals surface area contributed by atoms with Crippen molar-refractivity contribution in [2.75, 3.05) is 19.6 Å². The lowest BCUT2D eigenvalue weighted by atomic mass is 10.1. The molecule has 8 N–H and O–H groups in total. The fraction of sp³-hybridized carbons (Fsp3) is 0.750. The molecule has 2 rings (SSSR count). The van der Waals surface area contributed by atoms with Crippen LogP contribution in [0.15, 0.2) is 0 Å². The van der Waals surface area contributed by atoms with Gasteiger partial charge in [-0.25, -0.2) is 4.79 Å². The van der Waals surface area contributed by atoms with E-state index in [1.54, 1.807) is 0 Å². The zero-order valence-electron chi connectivity index (χ0n) is 15.1. The number of hydrogen-bond acceptors (Lipinski definition) is 6. The third-order valence-electron chi connectivity index (χ3n) is 4.99. The van der Waals surface area contributed by atoms with Crippen molar-refractivity contribution >= 4 is 23.7 Å². The van der Waals surface area contributed by atoms with Gasteiger partial charge in [-0.2, -0.15) is 0 Å². The molecule has 0 aromatic rings. The molecular weight excluding hydrogens is 356 g/mol. The highest BCUT2D eigenvalue weighted by Gasteiger charge is 2.45. The number of carbonyl (C=O) groups is 3. The number of guanidine groups is 1. The Labute approximate surface area is 157 Å². The Morgan fingerprint density at radius 3 is 2.59 bits per heavy atom. The van der Waals surface area contributed by atoms with Gasteiger partial charge in [-0.1, -0.05) is 0 Å². The van der Waals surface area contributed by atoms with E-state index < -0.39 is 36.1 Å². The Morgan fingerprint density at radius 1 is 1.26 bits per heavy atom. The second-order valence-electron chi connectivity index (χ2n) is 7.01. The van der Waals surface area contributed by atoms with Crippen molar-refractivity contribution in [3.63, 3.8) is 0 Å². The third-order valence-corrected chi connectivity index (χ3v) is 4.99. The number of aliphatic hydroxyl groups is 1. The monoisotopic (exact) mass is 384 g/mol. The Balaban J connectivity index is 1.97. The Morgan fingerprint density at radius 2 is 1.96 bits per heavy atom. The Hall–Kier alpha value is -2.40. The molecular formula is C16H28N6O5. The smallest absolute Gasteiger partial charge is 0.326 e. The van der Waals surface area contributed by atoms with E-state index in [2.05, 4.69) is 5.32 Å². The lowest BCUT2D eigenvalue weighted by Gasteiger charge is -2.31. The minimum absolute atomic E-state index is 0.00952. The lowest BCUT2D eigenvalue weighted by molar-refractivity contribution is -0.152. The molecule has 4 atom stereocenters. The second-order valence-corrected chi connectivity index (χ2v) is 7.01. The number of carbonyl (C=O) groups excluding carboxylic acids is 2. The van der Waals surface area contributed by atoms with Gasteiger partial charge in [0.25, 0.3) is 0 Å². The molecule has 2 aliphatic heterocycles. The summed E-state index contributed by atoms with van der Waals surface area (Å²) < 4.78 is 0. The van der Waals surface area contributed by atoms with Gasteiger partial charge in [-0.3, -0.25) is 15.0 Å². The molecule has 11 nitrogen and oxygen atoms in total. The van der Waals surface area contributed by atoms with Crippen LogP contribution in [0.1, 0.15) is 32.1 Å². The molecule has 152 valence electrons. The maximum atomic E-state index is 12.9. The van der Waals surface area contributed by atoms with Crippen LogP contribution in [0.25, 0.3) is 0 Å². The number of amides is 2. The topological polar surface area (TPSA) is 186 Å². The summed E-state index contributed by atoms with van der Waals surface area (Å²) in [6, 6.07) is -2.60. The molecule has 0 spiro atoms. The van der Waals surface area contributed by atoms with E-state index >= 15 is 0 Å². The molecule has 0 unspecified atom stereocenters. The average molecular weight is 384 g/mol. The van der Waals surface area contributed by atoms with E-state index in [-0.39, 0.29) is 24.8 Å². The van der Waals surface area contributed by atoms with Crippen LogP contribution in [0.3, 0.4) is 0 Å². The van der Waals surface area contributed by atoms with Crippen molar-refractivity contribution in [1.29, 1.82) is 5.41 Å². The average Bonchev–Trinajstić information content (AvgIpc) is 3.23. The summed E-state index contributed by atoms with van der Waals surface area (Å²) in [5.74, 6) is -2.11. The Bertz CT molecular complexity index is 600. The zero-order valence-corrected chi connectivity index (χ0v) is 15.1. The first-order chi connectivity index (χ1) is 12.7. The lowest BCUT2D eigenvalue weighted by Crippen LogP contribution is -2.54. The third kappa shape index (κ3) is 5.07. The normalized spacial score (nSPS) is 26.1. The van der Waals surface area contributed by atoms with Gasteiger partial charge in [0.05, 0.1) is 12.1 Å². The molecule has 2 saturated heterocycles. The minimum Gasteiger partial charge on any atom is -0.480 e. The molecule has 27 heavy (non-hydrogen) atoms. The summed E-state index contributed by atoms with van der Waals surface area (Å²) in [4.78, 5) is 39.5. The number of carboxylic acids is 1. The van der Waals surface area contributed by atoms with Crippen LogP contribution in [-0.2, 0) is 14.4 Å². The molecule has 0 aromatic carbocycles. The van der Waals surface area contributed by atoms with E-state index in [0.717, 1.165) is 4.90 Å². The first-order valence-corrected chi connectivity index (χ1v) is 9.07. The summed E-state index contributed by atoms with van der Waals surface area (Å²) in [5.41, 5.74) is 11.2. The van der Waals surface area contributed by atoms with E-state index in [1.165, 1.54) is 4.90 Å². The molecule has 0 aliphatic carbocycles. The second kappa shape index (κ2) is 9.00. The van der Waals surface area contributed by atoms with Gasteiger partial charge in [-0.15, -0.1) is 0 Å². The van der Waals surface area contributed by atoms with E-state index in [0.29, 0.717) is 38.8 Å². The van der Waals surface area contributed by atoms with Crippen LogP contribution in [0, 0.1) is 5.41 Å². The van der Waals surface area contributed by atoms with Crippen LogP contribution >= 0.6 is 0 Å². The molecule has 0 radical (unpaired) electrons. The Kier molecular flexibility index (Phi) is 6.97. The van der Waals surface area contributed by atoms with E-state index in [4.69, 9.17) is 16.9 Å². The van der Waals surface area contributed by atoms with Crippen molar-refractivity contribution in [3.05, 3.63) is 0 Å². The molecule has 0 aromatic heterocycles. The number of nitrogens with one attached hydrogen (secondary N) is 2. The van der Waals surface area contributed by atoms with Crippen molar-refractivity contribution in [2.45, 2.75) is 56.3 Å². The van der Waals surface area contributed by atoms with Crippen LogP contribution in [-0.4, -0.2) is 87.6 Å². The number of rotatable bonds is 7. The molecule has 0 bridgehead atoms. The van der Waals surface area contributed by atoms with Crippen molar-refractivity contribution in [1.82, 2.24) is 15.1 Å². The minimum atomic E-state index is -1.16. The quantitative estimate of drug-likeness (QED) is 0.159. The van der Waals surface area contributed by atoms with Crippen molar-refractivity contribution < 1.29 is 24.6 Å². The standard InChI is InChI=1S/C16H28N6O5/c17-10(3-1-5-20-16(18)19)13(24)21-6-2-4-11(21)14(25)22-8-9(23)7-12(22)15(26)27/h9-12,23H,1-8,17H2,(H,26,27)(H4,18,19,20)/t9-,10+,11+,12+/m1/s1. The highest BCUT2D eigenvalue weighted by atomic mass is 16.4. The SMILES string of the molecule is N=C(N)NCCC[C@H](N)C(=O)N1CCC[C@H]1C(=O)N1C[C@H](O)C[C@H]1C(=O)O. The van der Waals surface area contributed by atoms with Gasteiger partial charge < -0.3 is 36.8 Å². The molecule has 11 heteroatoms. The van der Waals surface area contributed by atoms with E-state index in [1.807, 2.05) is 0 Å². The molecule has 2 heterocycles. The van der Waals surface area contributed by atoms with Crippen LogP contribution < -0.4 is 16.8 Å². The predicted octanol–water partition coefficient (Wildman–Crippen LogP) is -2.39. The molecule has 2 aliphatic rings. The van der Waals surface area contributed by atoms with Gasteiger partial charge in [0.2, 0.25) is 11.8 Å². The van der Waals surface area contributed by atoms with Gasteiger partial charge >= 0.3 is 5.97 Å². The molecule has 0 saturated carbocycles. The van der Waals surface area contributed by atoms with Crippen LogP contribution in [0.2, 0.25) is 0 Å². The highest BCUT2D eigenvalue weighted by molar-refractivity contribution is 5.92. The number of β-amino-alcohol motifs (C(OH)–C–C–N with tert-alkyl or cyclic N) is 1. The highest BCUT2D eigenvalue weighted by Crippen LogP contribution is 2.26. The predicted molar refractivity (Wildman–Crippen MR) is 95.6 cm³/mol. The number of aliphatic hydroxyl groups excluding tert-OH is 1. The number of aliphatic carboxylic acids is 1. The zero-order chi connectivity index (χ0) is 20.1. The number of carboxylic acid groups (broad SMARTS) is 1. The van der Waals surface area contributed by atoms with Gasteiger partial charge in [-0.05, 0) is 25.7 Å². The first kappa shape index (κ1) is 20.9. The summed E-state index contributed by atoms with van der Waals surface area (Å²) in [5, 5.41) is 28.7. The summed E-state index contributed by atoms with van der Waals surface area (Å²) in [6.07, 6.45) is 1.10. The number of nitrogens with zero attached hydrogens (tertiary/aromatic N) is 2. The van der Waals surface area contributed by atoms with Crippen molar-refractivity contribution in [2.24, 2.45) is 11.5 Å². The first-order valence-electron chi connectivity index (χ1n) is 9.07. The summed E-state index contributed by atoms with van der Waals surface area (Å²) in [6.45, 7) is 0.768. The van der Waals surface area contributed by atoms with Crippen molar-refractivity contribution in [3.8, 4) is 0 Å². The van der Waals surface area contributed by atoms with Gasteiger partial charge in [0.15, 0.2) is 5.96 Å². The molecule has 2 fully saturated rings. The van der Waals surface area contributed by atoms with Crippen LogP contribution in [0.5, 0.6) is 0 Å². The van der Waals surface area contributed by atoms with Crippen LogP contribution in [0.4, 0.5) is 0 Å². The molecule has 2 amide bonds. The van der Waals surface area contributed by atoms with Gasteiger partial charge in [0, 0.05) is 26.1 Å². The number of likely N-dealkylation sites (tertiary alicyclic amines) is 2. The number of hydrogen-bond donors (Lipinski definition) is 6. The van der Waals surface area contributed by atoms with E-state index in [9.17, 15) is 24.6 Å². The summed E-state index contributed by atoms with van der Waals surface area (Å²) in [7, 11) is 0. The largest absolute Gasteiger partial charge is 0.480 e. The number of nitrogens with two attached hydrogens (primary N) is 2.